The molecule has 0 bridgehead atoms. The third-order valence-electron chi connectivity index (χ3n) is 4.20. The summed E-state index contributed by atoms with van der Waals surface area (Å²) in [5, 5.41) is 18.9. The average molecular weight is 372 g/mol. The van der Waals surface area contributed by atoms with Crippen LogP contribution in [0.4, 0.5) is 0 Å². The van der Waals surface area contributed by atoms with Gasteiger partial charge in [-0.25, -0.2) is 4.79 Å². The van der Waals surface area contributed by atoms with Crippen LogP contribution in [0, 0.1) is 0 Å². The summed E-state index contributed by atoms with van der Waals surface area (Å²) in [5.74, 6) is -0.614. The van der Waals surface area contributed by atoms with Gasteiger partial charge in [-0.2, -0.15) is 0 Å². The van der Waals surface area contributed by atoms with E-state index in [0.717, 1.165) is 22.3 Å². The summed E-state index contributed by atoms with van der Waals surface area (Å²) in [6.07, 6.45) is 7.78. The standard InChI is InChI=1S/C24H20O4/c1-28-24(27)21-13-10-19(11-14-21)7-6-17-2-4-18(5-3-17)8-9-20-12-15-22(25)23(26)16-20/h2-16,25-26H,1H3. The van der Waals surface area contributed by atoms with Gasteiger partial charge in [0.1, 0.15) is 0 Å². The highest BCUT2D eigenvalue weighted by Gasteiger charge is 2.03. The molecule has 0 aliphatic heterocycles. The molecule has 0 aromatic heterocycles. The Kier molecular flexibility index (Phi) is 5.92. The first-order valence-electron chi connectivity index (χ1n) is 8.72. The van der Waals surface area contributed by atoms with E-state index < -0.39 is 0 Å². The third-order valence-corrected chi connectivity index (χ3v) is 4.20. The summed E-state index contributed by atoms with van der Waals surface area (Å²) in [4.78, 5) is 11.4. The monoisotopic (exact) mass is 372 g/mol. The van der Waals surface area contributed by atoms with E-state index in [1.54, 1.807) is 18.2 Å². The average Bonchev–Trinajstić information content (AvgIpc) is 2.73. The molecule has 0 atom stereocenters. The molecule has 3 rings (SSSR count). The van der Waals surface area contributed by atoms with Crippen LogP contribution in [0.5, 0.6) is 11.5 Å². The zero-order valence-corrected chi connectivity index (χ0v) is 15.4. The first-order chi connectivity index (χ1) is 13.5. The van der Waals surface area contributed by atoms with Crippen molar-refractivity contribution in [2.45, 2.75) is 0 Å². The number of esters is 1. The van der Waals surface area contributed by atoms with Crippen molar-refractivity contribution in [2.24, 2.45) is 0 Å². The maximum absolute atomic E-state index is 11.4. The molecule has 4 heteroatoms. The lowest BCUT2D eigenvalue weighted by molar-refractivity contribution is 0.0600. The van der Waals surface area contributed by atoms with Crippen LogP contribution in [0.2, 0.25) is 0 Å². The maximum atomic E-state index is 11.4. The Labute approximate surface area is 163 Å². The Morgan fingerprint density at radius 2 is 1.11 bits per heavy atom. The predicted octanol–water partition coefficient (Wildman–Crippen LogP) is 5.23. The number of carbonyl (C=O) groups excluding carboxylic acids is 1. The van der Waals surface area contributed by atoms with Crippen molar-refractivity contribution in [3.05, 3.63) is 94.5 Å². The second kappa shape index (κ2) is 8.73. The van der Waals surface area contributed by atoms with Crippen LogP contribution >= 0.6 is 0 Å². The lowest BCUT2D eigenvalue weighted by atomic mass is 10.1. The van der Waals surface area contributed by atoms with Gasteiger partial charge in [0.15, 0.2) is 11.5 Å². The molecule has 0 aliphatic carbocycles. The summed E-state index contributed by atoms with van der Waals surface area (Å²) in [7, 11) is 1.36. The van der Waals surface area contributed by atoms with Crippen LogP contribution in [-0.2, 0) is 4.74 Å². The number of phenols is 2. The number of methoxy groups -OCH3 is 1. The number of carbonyl (C=O) groups is 1. The molecule has 0 saturated carbocycles. The van der Waals surface area contributed by atoms with Crippen molar-refractivity contribution in [1.82, 2.24) is 0 Å². The Morgan fingerprint density at radius 3 is 1.57 bits per heavy atom. The number of aromatic hydroxyl groups is 2. The lowest BCUT2D eigenvalue weighted by Gasteiger charge is -2.00. The maximum Gasteiger partial charge on any atom is 0.337 e. The van der Waals surface area contributed by atoms with E-state index in [9.17, 15) is 15.0 Å². The van der Waals surface area contributed by atoms with E-state index in [4.69, 9.17) is 0 Å². The summed E-state index contributed by atoms with van der Waals surface area (Å²) in [5.41, 5.74) is 4.39. The van der Waals surface area contributed by atoms with Gasteiger partial charge >= 0.3 is 5.97 Å². The Hall–Kier alpha value is -3.79. The Balaban J connectivity index is 1.65. The minimum atomic E-state index is -0.346. The van der Waals surface area contributed by atoms with E-state index in [1.165, 1.54) is 19.2 Å². The van der Waals surface area contributed by atoms with Crippen molar-refractivity contribution in [3.8, 4) is 11.5 Å². The molecule has 3 aromatic rings. The zero-order chi connectivity index (χ0) is 19.9. The van der Waals surface area contributed by atoms with E-state index in [-0.39, 0.29) is 17.5 Å². The molecule has 0 fully saturated rings. The Bertz CT molecular complexity index is 1010. The number of ether oxygens (including phenoxy) is 1. The van der Waals surface area contributed by atoms with Crippen LogP contribution < -0.4 is 0 Å². The Morgan fingerprint density at radius 1 is 0.679 bits per heavy atom. The predicted molar refractivity (Wildman–Crippen MR) is 112 cm³/mol. The highest BCUT2D eigenvalue weighted by molar-refractivity contribution is 5.89. The molecule has 0 unspecified atom stereocenters. The van der Waals surface area contributed by atoms with E-state index in [1.807, 2.05) is 60.7 Å². The second-order valence-electron chi connectivity index (χ2n) is 6.20. The van der Waals surface area contributed by atoms with Gasteiger partial charge < -0.3 is 14.9 Å². The minimum absolute atomic E-state index is 0.131. The normalized spacial score (nSPS) is 11.2. The van der Waals surface area contributed by atoms with Gasteiger partial charge in [0.05, 0.1) is 12.7 Å². The van der Waals surface area contributed by atoms with Crippen LogP contribution in [-0.4, -0.2) is 23.3 Å². The molecule has 0 saturated heterocycles. The van der Waals surface area contributed by atoms with E-state index in [2.05, 4.69) is 4.74 Å². The number of hydrogen-bond acceptors (Lipinski definition) is 4. The highest BCUT2D eigenvalue weighted by Crippen LogP contribution is 2.25. The fraction of sp³-hybridized carbons (Fsp3) is 0.0417. The molecule has 2 N–H and O–H groups in total. The minimum Gasteiger partial charge on any atom is -0.504 e. The van der Waals surface area contributed by atoms with E-state index >= 15 is 0 Å². The van der Waals surface area contributed by atoms with Crippen molar-refractivity contribution in [3.63, 3.8) is 0 Å². The number of rotatable bonds is 5. The largest absolute Gasteiger partial charge is 0.504 e. The van der Waals surface area contributed by atoms with Gasteiger partial charge in [-0.3, -0.25) is 0 Å². The molecule has 0 aliphatic rings. The lowest BCUT2D eigenvalue weighted by Crippen LogP contribution is -2.00. The fourth-order valence-corrected chi connectivity index (χ4v) is 2.60. The summed E-state index contributed by atoms with van der Waals surface area (Å²) in [6.45, 7) is 0. The third kappa shape index (κ3) is 4.89. The molecular formula is C24H20O4. The molecule has 0 amide bonds. The summed E-state index contributed by atoms with van der Waals surface area (Å²) < 4.78 is 4.69. The molecular weight excluding hydrogens is 352 g/mol. The number of benzene rings is 3. The molecule has 28 heavy (non-hydrogen) atoms. The first-order valence-corrected chi connectivity index (χ1v) is 8.72. The van der Waals surface area contributed by atoms with Gasteiger partial charge in [-0.05, 0) is 46.5 Å². The number of hydrogen-bond donors (Lipinski definition) is 2. The number of phenolic OH excluding ortho intramolecular Hbond substituents is 2. The molecule has 0 spiro atoms. The van der Waals surface area contributed by atoms with Crippen LogP contribution in [0.15, 0.2) is 66.7 Å². The highest BCUT2D eigenvalue weighted by atomic mass is 16.5. The quantitative estimate of drug-likeness (QED) is 0.366. The van der Waals surface area contributed by atoms with Crippen LogP contribution in [0.1, 0.15) is 32.6 Å². The van der Waals surface area contributed by atoms with E-state index in [0.29, 0.717) is 5.56 Å². The molecule has 4 nitrogen and oxygen atoms in total. The van der Waals surface area contributed by atoms with Crippen LogP contribution in [0.25, 0.3) is 24.3 Å². The van der Waals surface area contributed by atoms with Gasteiger partial charge in [-0.15, -0.1) is 0 Å². The van der Waals surface area contributed by atoms with Gasteiger partial charge in [0, 0.05) is 0 Å². The molecule has 0 heterocycles. The van der Waals surface area contributed by atoms with Crippen molar-refractivity contribution in [2.75, 3.05) is 7.11 Å². The summed E-state index contributed by atoms with van der Waals surface area (Å²) >= 11 is 0. The first kappa shape index (κ1) is 19.0. The second-order valence-corrected chi connectivity index (χ2v) is 6.20. The van der Waals surface area contributed by atoms with Crippen molar-refractivity contribution >= 4 is 30.3 Å². The molecule has 0 radical (unpaired) electrons. The molecule has 3 aromatic carbocycles. The van der Waals surface area contributed by atoms with Gasteiger partial charge in [0.25, 0.3) is 0 Å². The fourth-order valence-electron chi connectivity index (χ4n) is 2.60. The zero-order valence-electron chi connectivity index (χ0n) is 15.4. The summed E-state index contributed by atoms with van der Waals surface area (Å²) in [6, 6.07) is 19.9. The van der Waals surface area contributed by atoms with Crippen LogP contribution in [0.3, 0.4) is 0 Å². The SMILES string of the molecule is COC(=O)c1ccc(C=Cc2ccc(C=Cc3ccc(O)c(O)c3)cc2)cc1. The molecule has 140 valence electrons. The van der Waals surface area contributed by atoms with Gasteiger partial charge in [0.2, 0.25) is 0 Å². The smallest absolute Gasteiger partial charge is 0.337 e. The van der Waals surface area contributed by atoms with Crippen molar-refractivity contribution < 1.29 is 19.7 Å². The van der Waals surface area contributed by atoms with Crippen molar-refractivity contribution in [1.29, 1.82) is 0 Å². The van der Waals surface area contributed by atoms with Gasteiger partial charge in [-0.1, -0.05) is 66.8 Å². The topological polar surface area (TPSA) is 66.8 Å².